The molecular weight excluding hydrogens is 679 g/mol. The lowest BCUT2D eigenvalue weighted by Gasteiger charge is -2.27. The first-order chi connectivity index (χ1) is 27.7. The number of rotatable bonds is 7. The Bertz CT molecular complexity index is 2920. The molecule has 8 aromatic carbocycles. The second-order valence-corrected chi connectivity index (χ2v) is 14.2. The number of aromatic nitrogens is 1. The Morgan fingerprint density at radius 2 is 0.929 bits per heavy atom. The molecule has 0 spiro atoms. The van der Waals surface area contributed by atoms with Gasteiger partial charge in [-0.15, -0.1) is 0 Å². The van der Waals surface area contributed by atoms with Crippen LogP contribution >= 0.6 is 0 Å². The maximum Gasteiger partial charge on any atom is 0.147 e. The number of allylic oxidation sites excluding steroid dienone is 1. The Morgan fingerprint density at radius 3 is 1.59 bits per heavy atom. The van der Waals surface area contributed by atoms with Gasteiger partial charge < -0.3 is 5.32 Å². The predicted molar refractivity (Wildman–Crippen MR) is 234 cm³/mol. The van der Waals surface area contributed by atoms with Crippen LogP contribution < -0.4 is 5.32 Å². The normalized spacial score (nSPS) is 13.9. The van der Waals surface area contributed by atoms with E-state index in [0.29, 0.717) is 0 Å². The van der Waals surface area contributed by atoms with Crippen LogP contribution in [-0.2, 0) is 0 Å². The second-order valence-electron chi connectivity index (χ2n) is 14.2. The fourth-order valence-electron chi connectivity index (χ4n) is 7.92. The molecule has 0 amide bonds. The van der Waals surface area contributed by atoms with E-state index >= 15 is 0 Å². The smallest absolute Gasteiger partial charge is 0.147 e. The van der Waals surface area contributed by atoms with Gasteiger partial charge in [0.25, 0.3) is 0 Å². The maximum absolute atomic E-state index is 5.56. The molecule has 1 unspecified atom stereocenters. The fraction of sp³-hybridized carbons (Fsp3) is 0.0189. The number of fused-ring (bicyclic) bond motifs is 3. The lowest BCUT2D eigenvalue weighted by atomic mass is 9.91. The van der Waals surface area contributed by atoms with Gasteiger partial charge in [-0.1, -0.05) is 182 Å². The minimum atomic E-state index is -0.431. The molecule has 10 rings (SSSR count). The van der Waals surface area contributed by atoms with Gasteiger partial charge in [0.05, 0.1) is 16.9 Å². The fourth-order valence-corrected chi connectivity index (χ4v) is 7.92. The van der Waals surface area contributed by atoms with Gasteiger partial charge in [-0.25, -0.2) is 4.98 Å². The minimum absolute atomic E-state index is 0.431. The molecule has 0 radical (unpaired) electrons. The molecule has 1 aromatic heterocycles. The molecule has 1 aliphatic rings. The molecule has 1 aliphatic heterocycles. The molecule has 0 saturated heterocycles. The average Bonchev–Trinajstić information content (AvgIpc) is 3.29. The summed E-state index contributed by atoms with van der Waals surface area (Å²) in [4.78, 5) is 11.1. The van der Waals surface area contributed by atoms with Gasteiger partial charge in [0, 0.05) is 27.8 Å². The van der Waals surface area contributed by atoms with E-state index < -0.39 is 6.17 Å². The van der Waals surface area contributed by atoms with Gasteiger partial charge in [-0.05, 0) is 80.1 Å². The number of pyridine rings is 1. The van der Waals surface area contributed by atoms with Crippen molar-refractivity contribution in [3.05, 3.63) is 229 Å². The first kappa shape index (κ1) is 33.2. The third-order valence-corrected chi connectivity index (χ3v) is 10.7. The molecule has 0 bridgehead atoms. The highest BCUT2D eigenvalue weighted by atomic mass is 15.1. The molecule has 9 aromatic rings. The number of benzene rings is 8. The van der Waals surface area contributed by atoms with Crippen molar-refractivity contribution >= 4 is 33.1 Å². The summed E-state index contributed by atoms with van der Waals surface area (Å²) in [7, 11) is 0. The van der Waals surface area contributed by atoms with Crippen molar-refractivity contribution < 1.29 is 0 Å². The lowest BCUT2D eigenvalue weighted by molar-refractivity contribution is 0.669. The summed E-state index contributed by atoms with van der Waals surface area (Å²) in [5, 5.41) is 7.35. The standard InChI is InChI=1S/C53H37N3/c1-5-17-36(18-6-1)40-26-15-28-43(31-40)49-35-50(44-29-16-27-41(32-44)37-19-7-2-8-20-37)56-53(55-49)47-33-42-25-13-14-30-45(42)51-46(38-21-9-3-10-22-38)34-48(54-52(47)51)39-23-11-4-12-24-39/h1-35,53,55H. The van der Waals surface area contributed by atoms with Crippen LogP contribution in [0.4, 0.5) is 0 Å². The highest BCUT2D eigenvalue weighted by Crippen LogP contribution is 2.41. The Morgan fingerprint density at radius 1 is 0.411 bits per heavy atom. The summed E-state index contributed by atoms with van der Waals surface area (Å²) in [6, 6.07) is 73.0. The van der Waals surface area contributed by atoms with Gasteiger partial charge in [0.1, 0.15) is 6.17 Å². The first-order valence-electron chi connectivity index (χ1n) is 19.1. The van der Waals surface area contributed by atoms with Gasteiger partial charge in [-0.3, -0.25) is 4.99 Å². The number of hydrogen-bond acceptors (Lipinski definition) is 3. The molecule has 264 valence electrons. The molecule has 0 saturated carbocycles. The summed E-state index contributed by atoms with van der Waals surface area (Å²) < 4.78 is 0. The van der Waals surface area contributed by atoms with E-state index in [-0.39, 0.29) is 0 Å². The van der Waals surface area contributed by atoms with E-state index in [1.165, 1.54) is 16.5 Å². The zero-order chi connectivity index (χ0) is 37.3. The van der Waals surface area contributed by atoms with Gasteiger partial charge >= 0.3 is 0 Å². The maximum atomic E-state index is 5.56. The number of aliphatic imine (C=N–C) groups is 1. The molecule has 56 heavy (non-hydrogen) atoms. The van der Waals surface area contributed by atoms with Crippen LogP contribution in [0.2, 0.25) is 0 Å². The van der Waals surface area contributed by atoms with E-state index in [1.54, 1.807) is 0 Å². The monoisotopic (exact) mass is 715 g/mol. The van der Waals surface area contributed by atoms with E-state index in [1.807, 2.05) is 0 Å². The van der Waals surface area contributed by atoms with E-state index in [9.17, 15) is 0 Å². The van der Waals surface area contributed by atoms with Crippen LogP contribution in [0.25, 0.3) is 72.0 Å². The molecular formula is C53H37N3. The highest BCUT2D eigenvalue weighted by Gasteiger charge is 2.25. The quantitative estimate of drug-likeness (QED) is 0.167. The number of nitrogens with zero attached hydrogens (tertiary/aromatic N) is 2. The van der Waals surface area contributed by atoms with Crippen molar-refractivity contribution in [2.45, 2.75) is 6.17 Å². The Labute approximate surface area is 327 Å². The molecule has 3 heteroatoms. The van der Waals surface area contributed by atoms with Crippen molar-refractivity contribution in [2.75, 3.05) is 0 Å². The zero-order valence-corrected chi connectivity index (χ0v) is 30.7. The topological polar surface area (TPSA) is 37.3 Å². The lowest BCUT2D eigenvalue weighted by Crippen LogP contribution is -2.25. The molecule has 0 fully saturated rings. The molecule has 1 N–H and O–H groups in total. The summed E-state index contributed by atoms with van der Waals surface area (Å²) >= 11 is 0. The van der Waals surface area contributed by atoms with Crippen molar-refractivity contribution in [3.8, 4) is 44.6 Å². The number of nitrogens with one attached hydrogen (secondary N) is 1. The Kier molecular flexibility index (Phi) is 8.58. The SMILES string of the molecule is C1=C(c2cccc(-c3ccccc3)c2)NC(c2cc3ccccc3c3c(-c4ccccc4)cc(-c4ccccc4)nc23)N=C1c1cccc(-c2ccccc2)c1. The summed E-state index contributed by atoms with van der Waals surface area (Å²) in [5.41, 5.74) is 15.0. The third-order valence-electron chi connectivity index (χ3n) is 10.7. The van der Waals surface area contributed by atoms with Crippen molar-refractivity contribution in [2.24, 2.45) is 4.99 Å². The van der Waals surface area contributed by atoms with Crippen LogP contribution in [-0.4, -0.2) is 10.7 Å². The predicted octanol–water partition coefficient (Wildman–Crippen LogP) is 13.2. The molecule has 2 heterocycles. The molecule has 1 atom stereocenters. The Hall–Kier alpha value is -7.36. The second kappa shape index (κ2) is 14.5. The van der Waals surface area contributed by atoms with E-state index in [4.69, 9.17) is 9.98 Å². The van der Waals surface area contributed by atoms with Crippen LogP contribution in [0.5, 0.6) is 0 Å². The van der Waals surface area contributed by atoms with Gasteiger partial charge in [0.15, 0.2) is 0 Å². The third kappa shape index (κ3) is 6.36. The summed E-state index contributed by atoms with van der Waals surface area (Å²) in [6.45, 7) is 0. The van der Waals surface area contributed by atoms with Gasteiger partial charge in [0.2, 0.25) is 0 Å². The zero-order valence-electron chi connectivity index (χ0n) is 30.7. The minimum Gasteiger partial charge on any atom is -0.359 e. The summed E-state index contributed by atoms with van der Waals surface area (Å²) in [6.07, 6.45) is 1.77. The van der Waals surface area contributed by atoms with Crippen molar-refractivity contribution in [1.82, 2.24) is 10.3 Å². The van der Waals surface area contributed by atoms with E-state index in [0.717, 1.165) is 77.9 Å². The highest BCUT2D eigenvalue weighted by molar-refractivity contribution is 6.16. The largest absolute Gasteiger partial charge is 0.359 e. The molecule has 0 aliphatic carbocycles. The van der Waals surface area contributed by atoms with Crippen LogP contribution in [0, 0.1) is 0 Å². The first-order valence-corrected chi connectivity index (χ1v) is 19.1. The number of hydrogen-bond donors (Lipinski definition) is 1. The van der Waals surface area contributed by atoms with Gasteiger partial charge in [-0.2, -0.15) is 0 Å². The van der Waals surface area contributed by atoms with Crippen molar-refractivity contribution in [1.29, 1.82) is 0 Å². The van der Waals surface area contributed by atoms with E-state index in [2.05, 4.69) is 218 Å². The average molecular weight is 716 g/mol. The van der Waals surface area contributed by atoms with Crippen LogP contribution in [0.3, 0.4) is 0 Å². The van der Waals surface area contributed by atoms with Crippen LogP contribution in [0.1, 0.15) is 22.9 Å². The Balaban J connectivity index is 1.22. The van der Waals surface area contributed by atoms with Crippen LogP contribution in [0.15, 0.2) is 217 Å². The van der Waals surface area contributed by atoms with Crippen molar-refractivity contribution in [3.63, 3.8) is 0 Å². The summed E-state index contributed by atoms with van der Waals surface area (Å²) in [5.74, 6) is 0. The molecule has 3 nitrogen and oxygen atoms in total.